The van der Waals surface area contributed by atoms with Crippen molar-refractivity contribution in [2.24, 2.45) is 5.92 Å². The highest BCUT2D eigenvalue weighted by molar-refractivity contribution is 5.92. The van der Waals surface area contributed by atoms with E-state index in [1.54, 1.807) is 25.7 Å². The van der Waals surface area contributed by atoms with E-state index in [0.29, 0.717) is 6.42 Å². The minimum atomic E-state index is -0.828. The van der Waals surface area contributed by atoms with Crippen molar-refractivity contribution in [2.45, 2.75) is 112 Å². The van der Waals surface area contributed by atoms with E-state index >= 15 is 0 Å². The summed E-state index contributed by atoms with van der Waals surface area (Å²) in [6, 6.07) is 3.82. The van der Waals surface area contributed by atoms with Gasteiger partial charge in [-0.3, -0.25) is 9.59 Å². The van der Waals surface area contributed by atoms with Crippen LogP contribution in [0.4, 0.5) is 4.79 Å². The number of ether oxygens (including phenoxy) is 1. The number of carbonyl (C=O) groups excluding carboxylic acids is 3. The monoisotopic (exact) mass is 475 g/mol. The summed E-state index contributed by atoms with van der Waals surface area (Å²) in [6.07, 6.45) is -0.225. The molecular formula is C27H45N3O4. The largest absolute Gasteiger partial charge is 0.444 e. The van der Waals surface area contributed by atoms with E-state index in [4.69, 9.17) is 4.74 Å². The van der Waals surface area contributed by atoms with E-state index in [0.717, 1.165) is 16.7 Å². The molecule has 1 rings (SSSR count). The van der Waals surface area contributed by atoms with Gasteiger partial charge in [-0.1, -0.05) is 32.0 Å². The lowest BCUT2D eigenvalue weighted by atomic mass is 9.92. The van der Waals surface area contributed by atoms with E-state index in [1.165, 1.54) is 0 Å². The Kier molecular flexibility index (Phi) is 10.6. The minimum Gasteiger partial charge on any atom is -0.444 e. The van der Waals surface area contributed by atoms with Crippen LogP contribution in [0.2, 0.25) is 0 Å². The Hall–Kier alpha value is -2.57. The van der Waals surface area contributed by atoms with Crippen molar-refractivity contribution >= 4 is 17.9 Å². The highest BCUT2D eigenvalue weighted by Gasteiger charge is 2.39. The van der Waals surface area contributed by atoms with Gasteiger partial charge in [-0.15, -0.1) is 0 Å². The Bertz CT molecular complexity index is 836. The molecule has 3 amide bonds. The molecule has 0 spiro atoms. The molecule has 0 aromatic heterocycles. The quantitative estimate of drug-likeness (QED) is 0.523. The third kappa shape index (κ3) is 8.65. The van der Waals surface area contributed by atoms with Gasteiger partial charge in [-0.05, 0) is 91.3 Å². The van der Waals surface area contributed by atoms with E-state index < -0.39 is 23.8 Å². The fourth-order valence-corrected chi connectivity index (χ4v) is 4.02. The van der Waals surface area contributed by atoms with Crippen LogP contribution < -0.4 is 10.6 Å². The zero-order valence-electron chi connectivity index (χ0n) is 22.9. The number of nitrogens with one attached hydrogen (secondary N) is 2. The van der Waals surface area contributed by atoms with Crippen LogP contribution >= 0.6 is 0 Å². The Morgan fingerprint density at radius 2 is 1.47 bits per heavy atom. The second kappa shape index (κ2) is 12.2. The lowest BCUT2D eigenvalue weighted by molar-refractivity contribution is -0.145. The Morgan fingerprint density at radius 1 is 0.941 bits per heavy atom. The van der Waals surface area contributed by atoms with E-state index in [1.807, 2.05) is 73.6 Å². The van der Waals surface area contributed by atoms with Gasteiger partial charge in [0.25, 0.3) is 0 Å². The number of carbonyl (C=O) groups is 3. The predicted octanol–water partition coefficient (Wildman–Crippen LogP) is 5.05. The maximum atomic E-state index is 14.0. The third-order valence-electron chi connectivity index (χ3n) is 5.28. The van der Waals surface area contributed by atoms with Gasteiger partial charge in [0.2, 0.25) is 11.8 Å². The summed E-state index contributed by atoms with van der Waals surface area (Å²) in [6.45, 7) is 20.8. The molecule has 2 atom stereocenters. The van der Waals surface area contributed by atoms with E-state index in [-0.39, 0.29) is 29.8 Å². The highest BCUT2D eigenvalue weighted by Crippen LogP contribution is 2.31. The average Bonchev–Trinajstić information content (AvgIpc) is 2.63. The van der Waals surface area contributed by atoms with Crippen molar-refractivity contribution in [3.63, 3.8) is 0 Å². The lowest BCUT2D eigenvalue weighted by Gasteiger charge is -2.38. The van der Waals surface area contributed by atoms with Gasteiger partial charge in [0.15, 0.2) is 0 Å². The number of hydrogen-bond acceptors (Lipinski definition) is 4. The highest BCUT2D eigenvalue weighted by atomic mass is 16.6. The molecule has 0 heterocycles. The standard InChI is InChI=1S/C27H45N3O4/c1-16(2)15-21(29-26(33)34-27(9,10)11)25(32)30(18(5)6)23(24(31)28-17(3)4)22-19(7)13-12-14-20(22)8/h12-14,16-18,21,23H,15H2,1-11H3,(H,28,31)(H,29,33). The van der Waals surface area contributed by atoms with Gasteiger partial charge in [-0.25, -0.2) is 4.79 Å². The number of rotatable bonds is 9. The summed E-state index contributed by atoms with van der Waals surface area (Å²) in [7, 11) is 0. The summed E-state index contributed by atoms with van der Waals surface area (Å²) in [4.78, 5) is 41.8. The predicted molar refractivity (Wildman–Crippen MR) is 137 cm³/mol. The molecule has 2 N–H and O–H groups in total. The van der Waals surface area contributed by atoms with Crippen LogP contribution in [0.5, 0.6) is 0 Å². The SMILES string of the molecule is Cc1cccc(C)c1C(C(=O)NC(C)C)N(C(=O)C(CC(C)C)NC(=O)OC(C)(C)C)C(C)C. The van der Waals surface area contributed by atoms with Crippen molar-refractivity contribution in [2.75, 3.05) is 0 Å². The van der Waals surface area contributed by atoms with Crippen molar-refractivity contribution in [1.29, 1.82) is 0 Å². The Morgan fingerprint density at radius 3 is 1.88 bits per heavy atom. The van der Waals surface area contributed by atoms with Crippen molar-refractivity contribution in [1.82, 2.24) is 15.5 Å². The molecule has 0 saturated carbocycles. The number of nitrogens with zero attached hydrogens (tertiary/aromatic N) is 1. The van der Waals surface area contributed by atoms with Gasteiger partial charge >= 0.3 is 6.09 Å². The topological polar surface area (TPSA) is 87.7 Å². The summed E-state index contributed by atoms with van der Waals surface area (Å²) >= 11 is 0. The number of hydrogen-bond donors (Lipinski definition) is 2. The van der Waals surface area contributed by atoms with Crippen molar-refractivity contribution < 1.29 is 19.1 Å². The van der Waals surface area contributed by atoms with Crippen LogP contribution in [0.15, 0.2) is 18.2 Å². The maximum Gasteiger partial charge on any atom is 0.408 e. The molecule has 192 valence electrons. The summed E-state index contributed by atoms with van der Waals surface area (Å²) in [5.74, 6) is -0.405. The lowest BCUT2D eigenvalue weighted by Crippen LogP contribution is -2.56. The molecule has 7 heteroatoms. The molecule has 0 saturated heterocycles. The smallest absolute Gasteiger partial charge is 0.408 e. The second-order valence-corrected chi connectivity index (χ2v) is 11.0. The summed E-state index contributed by atoms with van der Waals surface area (Å²) in [5, 5.41) is 5.76. The van der Waals surface area contributed by atoms with Gasteiger partial charge in [0.05, 0.1) is 0 Å². The molecule has 0 radical (unpaired) electrons. The number of amides is 3. The van der Waals surface area contributed by atoms with Gasteiger partial charge in [-0.2, -0.15) is 0 Å². The molecule has 7 nitrogen and oxygen atoms in total. The molecule has 0 fully saturated rings. The molecule has 0 aliphatic heterocycles. The second-order valence-electron chi connectivity index (χ2n) is 11.0. The number of benzene rings is 1. The zero-order chi connectivity index (χ0) is 26.4. The number of alkyl carbamates (subject to hydrolysis) is 1. The summed E-state index contributed by atoms with van der Waals surface area (Å²) in [5.41, 5.74) is 1.99. The first kappa shape index (κ1) is 29.5. The maximum absolute atomic E-state index is 14.0. The molecule has 0 bridgehead atoms. The van der Waals surface area contributed by atoms with Crippen LogP contribution in [0.25, 0.3) is 0 Å². The normalized spacial score (nSPS) is 13.6. The molecule has 1 aromatic rings. The fourth-order valence-electron chi connectivity index (χ4n) is 4.02. The van der Waals surface area contributed by atoms with Gasteiger partial charge in [0, 0.05) is 12.1 Å². The summed E-state index contributed by atoms with van der Waals surface area (Å²) < 4.78 is 5.42. The van der Waals surface area contributed by atoms with E-state index in [2.05, 4.69) is 10.6 Å². The molecule has 2 unspecified atom stereocenters. The van der Waals surface area contributed by atoms with Crippen LogP contribution in [0.3, 0.4) is 0 Å². The first-order valence-corrected chi connectivity index (χ1v) is 12.2. The van der Waals surface area contributed by atoms with Crippen molar-refractivity contribution in [3.8, 4) is 0 Å². The third-order valence-corrected chi connectivity index (χ3v) is 5.28. The molecule has 1 aromatic carbocycles. The van der Waals surface area contributed by atoms with Crippen LogP contribution in [-0.4, -0.2) is 46.5 Å². The molecule has 34 heavy (non-hydrogen) atoms. The molecule has 0 aliphatic carbocycles. The van der Waals surface area contributed by atoms with E-state index in [9.17, 15) is 14.4 Å². The van der Waals surface area contributed by atoms with Crippen LogP contribution in [0.1, 0.15) is 91.5 Å². The van der Waals surface area contributed by atoms with Crippen LogP contribution in [0, 0.1) is 19.8 Å². The Balaban J connectivity index is 3.55. The minimum absolute atomic E-state index is 0.0882. The molecule has 0 aliphatic rings. The Labute approximate surface area is 206 Å². The van der Waals surface area contributed by atoms with Gasteiger partial charge < -0.3 is 20.3 Å². The van der Waals surface area contributed by atoms with Gasteiger partial charge in [0.1, 0.15) is 17.7 Å². The first-order chi connectivity index (χ1) is 15.5. The fraction of sp³-hybridized carbons (Fsp3) is 0.667. The molecular weight excluding hydrogens is 430 g/mol. The average molecular weight is 476 g/mol. The zero-order valence-corrected chi connectivity index (χ0v) is 22.9. The number of aryl methyl sites for hydroxylation is 2. The first-order valence-electron chi connectivity index (χ1n) is 12.2. The van der Waals surface area contributed by atoms with Crippen LogP contribution in [-0.2, 0) is 14.3 Å². The van der Waals surface area contributed by atoms with Crippen molar-refractivity contribution in [3.05, 3.63) is 34.9 Å².